The van der Waals surface area contributed by atoms with Crippen molar-refractivity contribution in [1.82, 2.24) is 25.0 Å². The van der Waals surface area contributed by atoms with E-state index >= 15 is 0 Å². The molecule has 0 unspecified atom stereocenters. The average molecular weight is 414 g/mol. The predicted octanol–water partition coefficient (Wildman–Crippen LogP) is 2.62. The number of nitrogens with one attached hydrogen (secondary N) is 1. The van der Waals surface area contributed by atoms with Gasteiger partial charge in [0.1, 0.15) is 5.01 Å². The monoisotopic (exact) mass is 413 g/mol. The number of H-pyrrole nitrogens is 1. The number of benzene rings is 1. The Morgan fingerprint density at radius 1 is 1.28 bits per heavy atom. The van der Waals surface area contributed by atoms with E-state index in [0.29, 0.717) is 11.7 Å². The number of amides is 1. The first-order valence-electron chi connectivity index (χ1n) is 9.62. The molecule has 0 aliphatic carbocycles. The highest BCUT2D eigenvalue weighted by atomic mass is 32.1. The van der Waals surface area contributed by atoms with Crippen LogP contribution in [0, 0.1) is 6.92 Å². The molecule has 1 amide bonds. The summed E-state index contributed by atoms with van der Waals surface area (Å²) < 4.78 is 0. The summed E-state index contributed by atoms with van der Waals surface area (Å²) in [5.74, 6) is 0.0532. The van der Waals surface area contributed by atoms with Crippen LogP contribution in [-0.2, 0) is 4.79 Å². The molecule has 0 radical (unpaired) electrons. The second-order valence-corrected chi connectivity index (χ2v) is 8.16. The lowest BCUT2D eigenvalue weighted by molar-refractivity contribution is -0.122. The third kappa shape index (κ3) is 3.88. The maximum absolute atomic E-state index is 13.3. The quantitative estimate of drug-likeness (QED) is 0.626. The number of nitrogens with zero attached hydrogens (tertiary/aromatic N) is 4. The standard InChI is InChI=1S/C19H21N5OS.CH2O2/c1-12-11-26-18(20-12)13-2-3-16-15(10-13)17(22-21-16)19(25)24-9-8-23-6-4-14(24)5-7-23;2-1-3/h2-3,10-11,14H,4-9H2,1H3,(H,21,22);1H,(H,2,3). The molecule has 2 aromatic heterocycles. The van der Waals surface area contributed by atoms with Crippen molar-refractivity contribution in [2.75, 3.05) is 26.2 Å². The van der Waals surface area contributed by atoms with E-state index in [2.05, 4.69) is 20.1 Å². The number of aromatic amines is 1. The van der Waals surface area contributed by atoms with Crippen molar-refractivity contribution in [1.29, 1.82) is 0 Å². The Labute approximate surface area is 172 Å². The zero-order valence-electron chi connectivity index (χ0n) is 16.2. The Morgan fingerprint density at radius 2 is 2.03 bits per heavy atom. The summed E-state index contributed by atoms with van der Waals surface area (Å²) in [6.07, 6.45) is 2.13. The Morgan fingerprint density at radius 3 is 2.72 bits per heavy atom. The molecule has 3 saturated heterocycles. The normalized spacial score (nSPS) is 20.8. The molecule has 6 rings (SSSR count). The number of hydrogen-bond acceptors (Lipinski definition) is 6. The van der Waals surface area contributed by atoms with Gasteiger partial charge in [0.05, 0.1) is 5.52 Å². The molecule has 1 aromatic carbocycles. The summed E-state index contributed by atoms with van der Waals surface area (Å²) in [7, 11) is 0. The highest BCUT2D eigenvalue weighted by Crippen LogP contribution is 2.29. The van der Waals surface area contributed by atoms with Crippen LogP contribution in [0.5, 0.6) is 0 Å². The van der Waals surface area contributed by atoms with Gasteiger partial charge in [-0.3, -0.25) is 14.7 Å². The number of carbonyl (C=O) groups is 2. The van der Waals surface area contributed by atoms with Crippen LogP contribution in [0.1, 0.15) is 29.0 Å². The van der Waals surface area contributed by atoms with Crippen molar-refractivity contribution in [3.63, 3.8) is 0 Å². The van der Waals surface area contributed by atoms with E-state index in [0.717, 1.165) is 66.2 Å². The number of aromatic nitrogens is 3. The van der Waals surface area contributed by atoms with Gasteiger partial charge in [-0.1, -0.05) is 0 Å². The Kier molecular flexibility index (Phi) is 5.59. The predicted molar refractivity (Wildman–Crippen MR) is 111 cm³/mol. The van der Waals surface area contributed by atoms with Gasteiger partial charge in [0.2, 0.25) is 0 Å². The minimum atomic E-state index is -0.250. The highest BCUT2D eigenvalue weighted by Gasteiger charge is 2.33. The Balaban J connectivity index is 0.000000645. The molecule has 2 bridgehead atoms. The van der Waals surface area contributed by atoms with Gasteiger partial charge in [-0.25, -0.2) is 4.98 Å². The molecule has 0 spiro atoms. The van der Waals surface area contributed by atoms with Crippen molar-refractivity contribution < 1.29 is 14.7 Å². The van der Waals surface area contributed by atoms with Crippen LogP contribution in [0.25, 0.3) is 21.5 Å². The lowest BCUT2D eigenvalue weighted by atomic mass is 10.0. The van der Waals surface area contributed by atoms with Gasteiger partial charge < -0.3 is 14.9 Å². The van der Waals surface area contributed by atoms with E-state index in [1.165, 1.54) is 0 Å². The molecule has 3 fully saturated rings. The molecular formula is C20H23N5O3S. The second kappa shape index (κ2) is 8.30. The zero-order chi connectivity index (χ0) is 20.4. The maximum atomic E-state index is 13.3. The molecule has 3 aliphatic heterocycles. The summed E-state index contributed by atoms with van der Waals surface area (Å²) in [6.45, 7) is 5.71. The van der Waals surface area contributed by atoms with Crippen molar-refractivity contribution in [3.05, 3.63) is 35.0 Å². The fourth-order valence-electron chi connectivity index (χ4n) is 4.09. The fourth-order valence-corrected chi connectivity index (χ4v) is 4.88. The van der Waals surface area contributed by atoms with E-state index in [1.807, 2.05) is 35.4 Å². The number of carbonyl (C=O) groups excluding carboxylic acids is 1. The molecule has 9 heteroatoms. The summed E-state index contributed by atoms with van der Waals surface area (Å²) in [4.78, 5) is 30.7. The van der Waals surface area contributed by atoms with Gasteiger partial charge in [-0.2, -0.15) is 5.10 Å². The van der Waals surface area contributed by atoms with Crippen molar-refractivity contribution in [2.24, 2.45) is 0 Å². The van der Waals surface area contributed by atoms with Crippen LogP contribution in [0.4, 0.5) is 0 Å². The van der Waals surface area contributed by atoms with Gasteiger partial charge in [-0.05, 0) is 38.0 Å². The fraction of sp³-hybridized carbons (Fsp3) is 0.400. The largest absolute Gasteiger partial charge is 0.483 e. The van der Waals surface area contributed by atoms with Crippen molar-refractivity contribution in [2.45, 2.75) is 25.8 Å². The first kappa shape index (κ1) is 19.5. The number of fused-ring (bicyclic) bond motifs is 5. The first-order valence-corrected chi connectivity index (χ1v) is 10.5. The number of rotatable bonds is 2. The van der Waals surface area contributed by atoms with Crippen LogP contribution in [0.2, 0.25) is 0 Å². The Hall–Kier alpha value is -2.78. The third-order valence-electron chi connectivity index (χ3n) is 5.55. The van der Waals surface area contributed by atoms with Crippen LogP contribution in [0.15, 0.2) is 23.6 Å². The smallest absolute Gasteiger partial charge is 0.290 e. The van der Waals surface area contributed by atoms with Crippen LogP contribution in [-0.4, -0.2) is 74.7 Å². The summed E-state index contributed by atoms with van der Waals surface area (Å²) in [5, 5.41) is 18.2. The Bertz CT molecular complexity index is 1020. The number of aryl methyl sites for hydroxylation is 1. The van der Waals surface area contributed by atoms with Crippen molar-refractivity contribution in [3.8, 4) is 10.6 Å². The summed E-state index contributed by atoms with van der Waals surface area (Å²) in [6, 6.07) is 6.42. The van der Waals surface area contributed by atoms with E-state index in [9.17, 15) is 4.79 Å². The van der Waals surface area contributed by atoms with Gasteiger partial charge in [0, 0.05) is 54.2 Å². The SMILES string of the molecule is Cc1csc(-c2ccc3[nH]nc(C(=O)N4CCN5CCC4CC5)c3c2)n1.O=CO. The summed E-state index contributed by atoms with van der Waals surface area (Å²) in [5.41, 5.74) is 3.49. The second-order valence-electron chi connectivity index (χ2n) is 7.30. The zero-order valence-corrected chi connectivity index (χ0v) is 17.0. The number of piperidine rings is 1. The molecule has 3 aromatic rings. The lowest BCUT2D eigenvalue weighted by Gasteiger charge is -2.31. The van der Waals surface area contributed by atoms with E-state index in [1.54, 1.807) is 11.3 Å². The van der Waals surface area contributed by atoms with Crippen LogP contribution < -0.4 is 0 Å². The topological polar surface area (TPSA) is 102 Å². The van der Waals surface area contributed by atoms with Gasteiger partial charge in [0.25, 0.3) is 12.4 Å². The van der Waals surface area contributed by atoms with Gasteiger partial charge in [0.15, 0.2) is 5.69 Å². The minimum absolute atomic E-state index is 0.0532. The number of thiazole rings is 1. The van der Waals surface area contributed by atoms with E-state index in [-0.39, 0.29) is 12.4 Å². The first-order chi connectivity index (χ1) is 14.1. The third-order valence-corrected chi connectivity index (χ3v) is 6.56. The minimum Gasteiger partial charge on any atom is -0.483 e. The summed E-state index contributed by atoms with van der Waals surface area (Å²) >= 11 is 1.63. The van der Waals surface area contributed by atoms with E-state index in [4.69, 9.17) is 9.90 Å². The van der Waals surface area contributed by atoms with Crippen LogP contribution in [0.3, 0.4) is 0 Å². The molecule has 2 N–H and O–H groups in total. The van der Waals surface area contributed by atoms with Gasteiger partial charge >= 0.3 is 0 Å². The molecule has 0 atom stereocenters. The van der Waals surface area contributed by atoms with Crippen molar-refractivity contribution >= 4 is 34.6 Å². The number of hydrogen-bond donors (Lipinski definition) is 2. The number of carboxylic acid groups (broad SMARTS) is 1. The average Bonchev–Trinajstić information content (AvgIpc) is 3.23. The molecule has 152 valence electrons. The molecule has 5 heterocycles. The molecular weight excluding hydrogens is 390 g/mol. The molecule has 8 nitrogen and oxygen atoms in total. The van der Waals surface area contributed by atoms with Gasteiger partial charge in [-0.15, -0.1) is 11.3 Å². The van der Waals surface area contributed by atoms with Crippen LogP contribution >= 0.6 is 11.3 Å². The molecule has 3 aliphatic rings. The lowest BCUT2D eigenvalue weighted by Crippen LogP contribution is -2.41. The van der Waals surface area contributed by atoms with E-state index < -0.39 is 0 Å². The highest BCUT2D eigenvalue weighted by molar-refractivity contribution is 7.13. The molecule has 29 heavy (non-hydrogen) atoms. The molecule has 0 saturated carbocycles. The maximum Gasteiger partial charge on any atom is 0.290 e.